The Bertz CT molecular complexity index is 367. The number of carbonyl (C=O) groups is 2. The molecule has 0 bridgehead atoms. The van der Waals surface area contributed by atoms with Crippen molar-refractivity contribution in [3.8, 4) is 0 Å². The van der Waals surface area contributed by atoms with E-state index in [1.165, 1.54) is 0 Å². The van der Waals surface area contributed by atoms with Crippen molar-refractivity contribution in [3.63, 3.8) is 0 Å². The summed E-state index contributed by atoms with van der Waals surface area (Å²) in [5.74, 6) is -0.537. The van der Waals surface area contributed by atoms with Gasteiger partial charge in [-0.25, -0.2) is 0 Å². The van der Waals surface area contributed by atoms with Crippen molar-refractivity contribution in [1.82, 2.24) is 5.32 Å². The van der Waals surface area contributed by atoms with Gasteiger partial charge in [0, 0.05) is 17.4 Å². The average Bonchev–Trinajstić information content (AvgIpc) is 3.09. The smallest absolute Gasteiger partial charge is 0.224 e. The zero-order valence-electron chi connectivity index (χ0n) is 12.9. The first-order valence-corrected chi connectivity index (χ1v) is 7.47. The third-order valence-electron chi connectivity index (χ3n) is 3.65. The van der Waals surface area contributed by atoms with E-state index < -0.39 is 5.92 Å². The third kappa shape index (κ3) is 5.76. The van der Waals surface area contributed by atoms with E-state index in [9.17, 15) is 9.59 Å². The van der Waals surface area contributed by atoms with Gasteiger partial charge in [-0.15, -0.1) is 6.58 Å². The van der Waals surface area contributed by atoms with E-state index in [1.807, 2.05) is 20.8 Å². The highest BCUT2D eigenvalue weighted by atomic mass is 16.2. The van der Waals surface area contributed by atoms with E-state index in [1.54, 1.807) is 6.08 Å². The Morgan fingerprint density at radius 2 is 1.95 bits per heavy atom. The molecule has 1 saturated carbocycles. The summed E-state index contributed by atoms with van der Waals surface area (Å²) < 4.78 is 0. The van der Waals surface area contributed by atoms with Crippen LogP contribution in [0.25, 0.3) is 0 Å². The lowest BCUT2D eigenvalue weighted by molar-refractivity contribution is -0.135. The maximum Gasteiger partial charge on any atom is 0.224 e. The lowest BCUT2D eigenvalue weighted by atomic mass is 9.82. The SMILES string of the molecule is C=CCCC(C(N)=O)[C@@H](CC1CC1)C(=O)NC(C)(C)C. The van der Waals surface area contributed by atoms with Gasteiger partial charge in [-0.2, -0.15) is 0 Å². The second-order valence-electron chi connectivity index (χ2n) is 6.90. The minimum atomic E-state index is -0.393. The van der Waals surface area contributed by atoms with Gasteiger partial charge in [-0.05, 0) is 46.0 Å². The van der Waals surface area contributed by atoms with Crippen LogP contribution in [-0.2, 0) is 9.59 Å². The molecule has 0 aromatic heterocycles. The highest BCUT2D eigenvalue weighted by Crippen LogP contribution is 2.38. The molecule has 114 valence electrons. The molecule has 0 spiro atoms. The molecule has 0 aliphatic heterocycles. The van der Waals surface area contributed by atoms with Crippen molar-refractivity contribution in [2.75, 3.05) is 0 Å². The first-order valence-electron chi connectivity index (χ1n) is 7.47. The van der Waals surface area contributed by atoms with Crippen molar-refractivity contribution < 1.29 is 9.59 Å². The molecule has 1 aliphatic rings. The molecule has 1 aliphatic carbocycles. The number of nitrogens with two attached hydrogens (primary N) is 1. The van der Waals surface area contributed by atoms with Crippen molar-refractivity contribution >= 4 is 11.8 Å². The minimum Gasteiger partial charge on any atom is -0.369 e. The average molecular weight is 280 g/mol. The Morgan fingerprint density at radius 3 is 2.35 bits per heavy atom. The molecule has 0 radical (unpaired) electrons. The third-order valence-corrected chi connectivity index (χ3v) is 3.65. The highest BCUT2D eigenvalue weighted by molar-refractivity contribution is 5.87. The van der Waals surface area contributed by atoms with Crippen molar-refractivity contribution in [2.45, 2.75) is 58.4 Å². The van der Waals surface area contributed by atoms with E-state index in [-0.39, 0.29) is 23.3 Å². The number of hydrogen-bond acceptors (Lipinski definition) is 2. The Balaban J connectivity index is 2.80. The van der Waals surface area contributed by atoms with Crippen LogP contribution in [0.1, 0.15) is 52.9 Å². The summed E-state index contributed by atoms with van der Waals surface area (Å²) in [6, 6.07) is 0. The van der Waals surface area contributed by atoms with Gasteiger partial charge in [-0.3, -0.25) is 9.59 Å². The number of rotatable bonds is 8. The van der Waals surface area contributed by atoms with Gasteiger partial charge in [0.25, 0.3) is 0 Å². The molecule has 0 heterocycles. The first kappa shape index (κ1) is 16.7. The van der Waals surface area contributed by atoms with E-state index in [2.05, 4.69) is 11.9 Å². The summed E-state index contributed by atoms with van der Waals surface area (Å²) in [5.41, 5.74) is 5.23. The monoisotopic (exact) mass is 280 g/mol. The van der Waals surface area contributed by atoms with Crippen LogP contribution < -0.4 is 11.1 Å². The van der Waals surface area contributed by atoms with Crippen molar-refractivity contribution in [1.29, 1.82) is 0 Å². The lowest BCUT2D eigenvalue weighted by Gasteiger charge is -2.28. The fourth-order valence-electron chi connectivity index (χ4n) is 2.47. The number of amides is 2. The van der Waals surface area contributed by atoms with Gasteiger partial charge in [0.15, 0.2) is 0 Å². The summed E-state index contributed by atoms with van der Waals surface area (Å²) in [5, 5.41) is 2.99. The lowest BCUT2D eigenvalue weighted by Crippen LogP contribution is -2.47. The minimum absolute atomic E-state index is 0.0442. The molecule has 4 heteroatoms. The summed E-state index contributed by atoms with van der Waals surface area (Å²) in [4.78, 5) is 24.2. The van der Waals surface area contributed by atoms with Gasteiger partial charge in [-0.1, -0.05) is 18.9 Å². The molecule has 20 heavy (non-hydrogen) atoms. The standard InChI is InChI=1S/C16H28N2O2/c1-5-6-7-12(14(17)19)13(10-11-8-9-11)15(20)18-16(2,3)4/h5,11-13H,1,6-10H2,2-4H3,(H2,17,19)(H,18,20)/t12?,13-/m1/s1. The van der Waals surface area contributed by atoms with Gasteiger partial charge >= 0.3 is 0 Å². The molecule has 3 N–H and O–H groups in total. The Labute approximate surface area is 122 Å². The maximum atomic E-state index is 12.5. The summed E-state index contributed by atoms with van der Waals surface area (Å²) >= 11 is 0. The number of nitrogens with one attached hydrogen (secondary N) is 1. The Morgan fingerprint density at radius 1 is 1.35 bits per heavy atom. The van der Waals surface area contributed by atoms with Crippen molar-refractivity contribution in [3.05, 3.63) is 12.7 Å². The quantitative estimate of drug-likeness (QED) is 0.670. The number of carbonyl (C=O) groups excluding carboxylic acids is 2. The predicted molar refractivity (Wildman–Crippen MR) is 80.8 cm³/mol. The molecule has 4 nitrogen and oxygen atoms in total. The highest BCUT2D eigenvalue weighted by Gasteiger charge is 2.37. The van der Waals surface area contributed by atoms with Crippen LogP contribution in [0.5, 0.6) is 0 Å². The second kappa shape index (κ2) is 6.91. The van der Waals surface area contributed by atoms with E-state index in [0.29, 0.717) is 18.8 Å². The maximum absolute atomic E-state index is 12.5. The van der Waals surface area contributed by atoms with Gasteiger partial charge in [0.05, 0.1) is 0 Å². The molecule has 2 atom stereocenters. The van der Waals surface area contributed by atoms with Gasteiger partial charge in [0.2, 0.25) is 11.8 Å². The number of primary amides is 1. The molecule has 1 unspecified atom stereocenters. The van der Waals surface area contributed by atoms with Crippen LogP contribution >= 0.6 is 0 Å². The Hall–Kier alpha value is -1.32. The molecular weight excluding hydrogens is 252 g/mol. The summed E-state index contributed by atoms with van der Waals surface area (Å²) in [6.45, 7) is 9.52. The zero-order valence-corrected chi connectivity index (χ0v) is 12.9. The van der Waals surface area contributed by atoms with Crippen LogP contribution in [0.15, 0.2) is 12.7 Å². The van der Waals surface area contributed by atoms with Crippen LogP contribution in [0, 0.1) is 17.8 Å². The second-order valence-corrected chi connectivity index (χ2v) is 6.90. The van der Waals surface area contributed by atoms with Crippen LogP contribution in [-0.4, -0.2) is 17.4 Å². The fourth-order valence-corrected chi connectivity index (χ4v) is 2.47. The van der Waals surface area contributed by atoms with Crippen LogP contribution in [0.4, 0.5) is 0 Å². The molecule has 2 amide bonds. The van der Waals surface area contributed by atoms with Crippen LogP contribution in [0.3, 0.4) is 0 Å². The first-order chi connectivity index (χ1) is 9.24. The Kier molecular flexibility index (Phi) is 5.78. The van der Waals surface area contributed by atoms with E-state index in [4.69, 9.17) is 5.73 Å². The molecule has 0 saturated heterocycles. The van der Waals surface area contributed by atoms with E-state index in [0.717, 1.165) is 19.3 Å². The largest absolute Gasteiger partial charge is 0.369 e. The number of hydrogen-bond donors (Lipinski definition) is 2. The molecule has 0 aromatic carbocycles. The number of allylic oxidation sites excluding steroid dienone is 1. The molecular formula is C16H28N2O2. The summed E-state index contributed by atoms with van der Waals surface area (Å²) in [7, 11) is 0. The zero-order chi connectivity index (χ0) is 15.3. The normalized spacial score (nSPS) is 18.1. The van der Waals surface area contributed by atoms with E-state index >= 15 is 0 Å². The molecule has 0 aromatic rings. The van der Waals surface area contributed by atoms with Gasteiger partial charge < -0.3 is 11.1 Å². The fraction of sp³-hybridized carbons (Fsp3) is 0.750. The molecule has 1 rings (SSSR count). The predicted octanol–water partition coefficient (Wildman–Crippen LogP) is 2.39. The van der Waals surface area contributed by atoms with Crippen LogP contribution in [0.2, 0.25) is 0 Å². The summed E-state index contributed by atoms with van der Waals surface area (Å²) in [6.07, 6.45) is 6.17. The van der Waals surface area contributed by atoms with Gasteiger partial charge in [0.1, 0.15) is 0 Å². The topological polar surface area (TPSA) is 72.2 Å². The molecule has 1 fully saturated rings. The van der Waals surface area contributed by atoms with Crippen molar-refractivity contribution in [2.24, 2.45) is 23.5 Å².